The Morgan fingerprint density at radius 2 is 1.70 bits per heavy atom. The van der Waals surface area contributed by atoms with Crippen molar-refractivity contribution in [3.05, 3.63) is 34.9 Å². The zero-order valence-electron chi connectivity index (χ0n) is 11.3. The van der Waals surface area contributed by atoms with Gasteiger partial charge in [-0.15, -0.1) is 0 Å². The highest BCUT2D eigenvalue weighted by molar-refractivity contribution is 6.30. The van der Waals surface area contributed by atoms with Crippen LogP contribution < -0.4 is 5.32 Å². The molecule has 1 spiro atoms. The number of carbonyl (C=O) groups excluding carboxylic acids is 2. The number of piperidine rings is 1. The summed E-state index contributed by atoms with van der Waals surface area (Å²) in [5, 5.41) is 3.17. The van der Waals surface area contributed by atoms with Gasteiger partial charge in [-0.05, 0) is 36.0 Å². The fraction of sp³-hybridized carbons (Fsp3) is 0.500. The topological polar surface area (TPSA) is 46.2 Å². The Morgan fingerprint density at radius 3 is 2.35 bits per heavy atom. The van der Waals surface area contributed by atoms with E-state index in [-0.39, 0.29) is 23.1 Å². The Bertz CT molecular complexity index is 532. The molecule has 1 heterocycles. The highest BCUT2D eigenvalue weighted by Crippen LogP contribution is 2.51. The number of nitrogens with one attached hydrogen (secondary N) is 1. The van der Waals surface area contributed by atoms with E-state index in [0.29, 0.717) is 11.4 Å². The molecule has 1 aromatic carbocycles. The molecule has 2 fully saturated rings. The summed E-state index contributed by atoms with van der Waals surface area (Å²) in [5.74, 6) is -0.495. The average Bonchev–Trinajstić information content (AvgIpc) is 2.41. The molecule has 2 amide bonds. The average molecular weight is 292 g/mol. The molecule has 1 N–H and O–H groups in total. The van der Waals surface area contributed by atoms with Gasteiger partial charge >= 0.3 is 0 Å². The first kappa shape index (κ1) is 13.6. The molecule has 1 atom stereocenters. The van der Waals surface area contributed by atoms with Crippen molar-refractivity contribution < 1.29 is 9.59 Å². The fourth-order valence-corrected chi connectivity index (χ4v) is 3.96. The second-order valence-corrected chi connectivity index (χ2v) is 6.43. The van der Waals surface area contributed by atoms with Crippen molar-refractivity contribution in [3.8, 4) is 0 Å². The van der Waals surface area contributed by atoms with E-state index in [0.717, 1.165) is 31.2 Å². The molecule has 1 unspecified atom stereocenters. The van der Waals surface area contributed by atoms with Crippen molar-refractivity contribution in [3.63, 3.8) is 0 Å². The van der Waals surface area contributed by atoms with Crippen molar-refractivity contribution >= 4 is 23.4 Å². The SMILES string of the molecule is O=C1CC2(CCCCC2)C(c2ccc(Cl)cc2)C(=O)N1. The first-order chi connectivity index (χ1) is 9.61. The van der Waals surface area contributed by atoms with Gasteiger partial charge in [-0.2, -0.15) is 0 Å². The van der Waals surface area contributed by atoms with Crippen LogP contribution in [0, 0.1) is 5.41 Å². The number of amides is 2. The minimum Gasteiger partial charge on any atom is -0.296 e. The number of hydrogen-bond donors (Lipinski definition) is 1. The van der Waals surface area contributed by atoms with Gasteiger partial charge in [0.1, 0.15) is 0 Å². The summed E-state index contributed by atoms with van der Waals surface area (Å²) in [6.07, 6.45) is 5.78. The van der Waals surface area contributed by atoms with E-state index in [1.807, 2.05) is 24.3 Å². The van der Waals surface area contributed by atoms with E-state index >= 15 is 0 Å². The van der Waals surface area contributed by atoms with Crippen LogP contribution in [0.15, 0.2) is 24.3 Å². The van der Waals surface area contributed by atoms with E-state index in [4.69, 9.17) is 11.6 Å². The Morgan fingerprint density at radius 1 is 1.05 bits per heavy atom. The van der Waals surface area contributed by atoms with Gasteiger partial charge in [0.25, 0.3) is 0 Å². The zero-order chi connectivity index (χ0) is 14.2. The second-order valence-electron chi connectivity index (χ2n) is 6.00. The van der Waals surface area contributed by atoms with Crippen LogP contribution in [0.5, 0.6) is 0 Å². The zero-order valence-corrected chi connectivity index (χ0v) is 12.1. The van der Waals surface area contributed by atoms with E-state index in [2.05, 4.69) is 5.32 Å². The molecule has 3 rings (SSSR count). The van der Waals surface area contributed by atoms with Crippen molar-refractivity contribution in [1.29, 1.82) is 0 Å². The summed E-state index contributed by atoms with van der Waals surface area (Å²) in [6, 6.07) is 7.46. The monoisotopic (exact) mass is 291 g/mol. The smallest absolute Gasteiger partial charge is 0.234 e. The lowest BCUT2D eigenvalue weighted by Gasteiger charge is -2.45. The van der Waals surface area contributed by atoms with Crippen LogP contribution in [-0.2, 0) is 9.59 Å². The normalized spacial score (nSPS) is 25.6. The van der Waals surface area contributed by atoms with Gasteiger partial charge in [-0.3, -0.25) is 14.9 Å². The predicted octanol–water partition coefficient (Wildman–Crippen LogP) is 3.42. The number of halogens is 1. The number of hydrogen-bond acceptors (Lipinski definition) is 2. The molecule has 106 valence electrons. The third-order valence-electron chi connectivity index (χ3n) is 4.70. The van der Waals surface area contributed by atoms with Crippen molar-refractivity contribution in [2.24, 2.45) is 5.41 Å². The maximum Gasteiger partial charge on any atom is 0.234 e. The molecule has 1 aromatic rings. The number of carbonyl (C=O) groups is 2. The highest BCUT2D eigenvalue weighted by Gasteiger charge is 2.49. The fourth-order valence-electron chi connectivity index (χ4n) is 3.84. The highest BCUT2D eigenvalue weighted by atomic mass is 35.5. The first-order valence-electron chi connectivity index (χ1n) is 7.20. The van der Waals surface area contributed by atoms with Gasteiger partial charge in [0.05, 0.1) is 5.92 Å². The lowest BCUT2D eigenvalue weighted by molar-refractivity contribution is -0.141. The van der Waals surface area contributed by atoms with Gasteiger partial charge in [0.15, 0.2) is 0 Å². The van der Waals surface area contributed by atoms with Gasteiger partial charge in [-0.25, -0.2) is 0 Å². The maximum absolute atomic E-state index is 12.4. The van der Waals surface area contributed by atoms with E-state index < -0.39 is 0 Å². The van der Waals surface area contributed by atoms with Crippen LogP contribution in [0.1, 0.15) is 50.0 Å². The molecule has 0 aromatic heterocycles. The van der Waals surface area contributed by atoms with Crippen LogP contribution in [0.3, 0.4) is 0 Å². The van der Waals surface area contributed by atoms with E-state index in [1.54, 1.807) is 0 Å². The molecule has 0 radical (unpaired) electrons. The van der Waals surface area contributed by atoms with Crippen LogP contribution in [0.4, 0.5) is 0 Å². The third kappa shape index (κ3) is 2.35. The molecule has 1 saturated heterocycles. The second kappa shape index (κ2) is 5.21. The minimum atomic E-state index is -0.224. The van der Waals surface area contributed by atoms with E-state index in [1.165, 1.54) is 6.42 Å². The molecule has 2 aliphatic rings. The van der Waals surface area contributed by atoms with Gasteiger partial charge in [0.2, 0.25) is 11.8 Å². The number of rotatable bonds is 1. The molecule has 1 aliphatic carbocycles. The van der Waals surface area contributed by atoms with Crippen molar-refractivity contribution in [2.75, 3.05) is 0 Å². The lowest BCUT2D eigenvalue weighted by Crippen LogP contribution is -2.51. The van der Waals surface area contributed by atoms with Gasteiger partial charge in [-0.1, -0.05) is 43.0 Å². The molecule has 0 bridgehead atoms. The molecular formula is C16H18ClNO2. The number of imide groups is 1. The summed E-state index contributed by atoms with van der Waals surface area (Å²) in [5.41, 5.74) is 0.784. The summed E-state index contributed by atoms with van der Waals surface area (Å²) >= 11 is 5.93. The molecular weight excluding hydrogens is 274 g/mol. The van der Waals surface area contributed by atoms with Crippen molar-refractivity contribution in [1.82, 2.24) is 5.32 Å². The summed E-state index contributed by atoms with van der Waals surface area (Å²) in [6.45, 7) is 0. The molecule has 1 saturated carbocycles. The largest absolute Gasteiger partial charge is 0.296 e. The Balaban J connectivity index is 2.01. The standard InChI is InChI=1S/C16H18ClNO2/c17-12-6-4-11(5-7-12)14-15(20)18-13(19)10-16(14)8-2-1-3-9-16/h4-7,14H,1-3,8-10H2,(H,18,19,20). The third-order valence-corrected chi connectivity index (χ3v) is 4.95. The van der Waals surface area contributed by atoms with Gasteiger partial charge in [0, 0.05) is 11.4 Å². The lowest BCUT2D eigenvalue weighted by atomic mass is 9.60. The van der Waals surface area contributed by atoms with E-state index in [9.17, 15) is 9.59 Å². The van der Waals surface area contributed by atoms with Crippen LogP contribution >= 0.6 is 11.6 Å². The summed E-state index contributed by atoms with van der Waals surface area (Å²) in [4.78, 5) is 24.2. The van der Waals surface area contributed by atoms with Crippen LogP contribution in [-0.4, -0.2) is 11.8 Å². The number of benzene rings is 1. The Kier molecular flexibility index (Phi) is 3.55. The van der Waals surface area contributed by atoms with Crippen LogP contribution in [0.2, 0.25) is 5.02 Å². The quantitative estimate of drug-likeness (QED) is 0.806. The summed E-state index contributed by atoms with van der Waals surface area (Å²) in [7, 11) is 0. The first-order valence-corrected chi connectivity index (χ1v) is 7.58. The molecule has 4 heteroatoms. The van der Waals surface area contributed by atoms with Crippen molar-refractivity contribution in [2.45, 2.75) is 44.4 Å². The Hall–Kier alpha value is -1.35. The Labute approximate surface area is 123 Å². The molecule has 20 heavy (non-hydrogen) atoms. The minimum absolute atomic E-state index is 0.123. The maximum atomic E-state index is 12.4. The van der Waals surface area contributed by atoms with Gasteiger partial charge < -0.3 is 0 Å². The van der Waals surface area contributed by atoms with Crippen LogP contribution in [0.25, 0.3) is 0 Å². The summed E-state index contributed by atoms with van der Waals surface area (Å²) < 4.78 is 0. The molecule has 3 nitrogen and oxygen atoms in total. The predicted molar refractivity (Wildman–Crippen MR) is 77.5 cm³/mol. The molecule has 1 aliphatic heterocycles.